The Labute approximate surface area is 189 Å². The maximum atomic E-state index is 12.6. The molecule has 1 heterocycles. The fourth-order valence-electron chi connectivity index (χ4n) is 3.84. The summed E-state index contributed by atoms with van der Waals surface area (Å²) in [6.45, 7) is 8.76. The van der Waals surface area contributed by atoms with E-state index in [1.165, 1.54) is 22.4 Å². The van der Waals surface area contributed by atoms with E-state index in [2.05, 4.69) is 55.7 Å². The lowest BCUT2D eigenvalue weighted by molar-refractivity contribution is 0.0526. The number of anilines is 1. The Kier molecular flexibility index (Phi) is 7.89. The Morgan fingerprint density at radius 2 is 1.80 bits per heavy atom. The van der Waals surface area contributed by atoms with Crippen LogP contribution in [0.3, 0.4) is 0 Å². The van der Waals surface area contributed by atoms with Gasteiger partial charge in [-0.25, -0.2) is 4.79 Å². The molecule has 1 aromatic carbocycles. The van der Waals surface area contributed by atoms with Crippen LogP contribution >= 0.6 is 23.6 Å². The molecule has 3 rings (SSSR count). The molecule has 0 aliphatic heterocycles. The molecule has 0 radical (unpaired) electrons. The Bertz CT molecular complexity index is 889. The van der Waals surface area contributed by atoms with Crippen molar-refractivity contribution >= 4 is 39.6 Å². The molecule has 2 aromatic rings. The number of carbonyl (C=O) groups is 1. The van der Waals surface area contributed by atoms with Crippen LogP contribution in [0.5, 0.6) is 0 Å². The van der Waals surface area contributed by atoms with Crippen molar-refractivity contribution in [1.82, 2.24) is 5.32 Å². The molecule has 162 valence electrons. The summed E-state index contributed by atoms with van der Waals surface area (Å²) in [4.78, 5) is 13.9. The van der Waals surface area contributed by atoms with Gasteiger partial charge in [0.05, 0.1) is 18.2 Å². The maximum Gasteiger partial charge on any atom is 0.341 e. The van der Waals surface area contributed by atoms with Crippen LogP contribution in [-0.2, 0) is 17.6 Å². The maximum absolute atomic E-state index is 12.6. The van der Waals surface area contributed by atoms with Crippen LogP contribution in [0.25, 0.3) is 0 Å². The highest BCUT2D eigenvalue weighted by molar-refractivity contribution is 7.80. The lowest BCUT2D eigenvalue weighted by Gasteiger charge is -2.18. The first-order valence-corrected chi connectivity index (χ1v) is 12.2. The highest BCUT2D eigenvalue weighted by atomic mass is 32.1. The molecule has 1 aromatic heterocycles. The summed E-state index contributed by atoms with van der Waals surface area (Å²) >= 11 is 7.22. The Hall–Kier alpha value is -1.92. The van der Waals surface area contributed by atoms with E-state index in [-0.39, 0.29) is 12.0 Å². The van der Waals surface area contributed by atoms with Crippen molar-refractivity contribution in [2.75, 3.05) is 11.9 Å². The number of carbonyl (C=O) groups excluding carboxylic acids is 1. The molecule has 6 heteroatoms. The summed E-state index contributed by atoms with van der Waals surface area (Å²) in [7, 11) is 0. The highest BCUT2D eigenvalue weighted by Gasteiger charge is 2.27. The van der Waals surface area contributed by atoms with Gasteiger partial charge in [0.25, 0.3) is 0 Å². The molecule has 2 N–H and O–H groups in total. The monoisotopic (exact) mass is 444 g/mol. The molecule has 30 heavy (non-hydrogen) atoms. The van der Waals surface area contributed by atoms with Crippen LogP contribution in [0.4, 0.5) is 5.00 Å². The zero-order valence-electron chi connectivity index (χ0n) is 18.3. The standard InChI is InChI=1S/C24H32N2O2S2/c1-5-15(3)17-11-13-18(14-12-17)16(4)25-24(29)26-22-21(23(27)28-6-2)19-9-7-8-10-20(19)30-22/h11-16H,5-10H2,1-4H3,(H2,25,26,29). The molecular weight excluding hydrogens is 412 g/mol. The van der Waals surface area contributed by atoms with Crippen LogP contribution in [0.1, 0.15) is 90.8 Å². The zero-order valence-corrected chi connectivity index (χ0v) is 20.0. The third kappa shape index (κ3) is 5.22. The van der Waals surface area contributed by atoms with Gasteiger partial charge < -0.3 is 15.4 Å². The van der Waals surface area contributed by atoms with Crippen LogP contribution in [0.2, 0.25) is 0 Å². The number of thiocarbonyl (C=S) groups is 1. The second-order valence-corrected chi connectivity index (χ2v) is 9.45. The summed E-state index contributed by atoms with van der Waals surface area (Å²) < 4.78 is 5.33. The van der Waals surface area contributed by atoms with Crippen molar-refractivity contribution in [2.45, 2.75) is 71.8 Å². The largest absolute Gasteiger partial charge is 0.462 e. The number of ether oxygens (including phenoxy) is 1. The van der Waals surface area contributed by atoms with Gasteiger partial charge in [-0.05, 0) is 80.8 Å². The van der Waals surface area contributed by atoms with Crippen LogP contribution in [0.15, 0.2) is 24.3 Å². The quantitative estimate of drug-likeness (QED) is 0.384. The smallest absolute Gasteiger partial charge is 0.341 e. The predicted octanol–water partition coefficient (Wildman–Crippen LogP) is 6.36. The van der Waals surface area contributed by atoms with Gasteiger partial charge in [0.15, 0.2) is 5.11 Å². The minimum Gasteiger partial charge on any atom is -0.462 e. The fourth-order valence-corrected chi connectivity index (χ4v) is 5.47. The summed E-state index contributed by atoms with van der Waals surface area (Å²) in [5.74, 6) is 0.312. The zero-order chi connectivity index (χ0) is 21.7. The van der Waals surface area contributed by atoms with Crippen LogP contribution < -0.4 is 10.6 Å². The number of hydrogen-bond acceptors (Lipinski definition) is 4. The first-order valence-electron chi connectivity index (χ1n) is 10.9. The van der Waals surface area contributed by atoms with Crippen molar-refractivity contribution in [3.05, 3.63) is 51.4 Å². The predicted molar refractivity (Wildman–Crippen MR) is 130 cm³/mol. The van der Waals surface area contributed by atoms with Gasteiger partial charge in [-0.3, -0.25) is 0 Å². The average Bonchev–Trinajstić information content (AvgIpc) is 3.11. The number of fused-ring (bicyclic) bond motifs is 1. The molecule has 1 aliphatic carbocycles. The second-order valence-electron chi connectivity index (χ2n) is 7.93. The van der Waals surface area contributed by atoms with E-state index in [1.807, 2.05) is 6.92 Å². The van der Waals surface area contributed by atoms with Crippen molar-refractivity contribution < 1.29 is 9.53 Å². The van der Waals surface area contributed by atoms with Crippen molar-refractivity contribution in [3.8, 4) is 0 Å². The van der Waals surface area contributed by atoms with Gasteiger partial charge in [-0.2, -0.15) is 0 Å². The Morgan fingerprint density at radius 1 is 1.13 bits per heavy atom. The van der Waals surface area contributed by atoms with E-state index >= 15 is 0 Å². The lowest BCUT2D eigenvalue weighted by atomic mass is 9.95. The summed E-state index contributed by atoms with van der Waals surface area (Å²) in [6, 6.07) is 8.79. The molecule has 0 saturated heterocycles. The number of aryl methyl sites for hydroxylation is 1. The number of nitrogens with one attached hydrogen (secondary N) is 2. The van der Waals surface area contributed by atoms with E-state index in [4.69, 9.17) is 17.0 Å². The highest BCUT2D eigenvalue weighted by Crippen LogP contribution is 2.38. The van der Waals surface area contributed by atoms with Crippen LogP contribution in [0, 0.1) is 0 Å². The minimum atomic E-state index is -0.254. The van der Waals surface area contributed by atoms with Gasteiger partial charge >= 0.3 is 5.97 Å². The topological polar surface area (TPSA) is 50.4 Å². The number of rotatable bonds is 7. The van der Waals surface area contributed by atoms with Gasteiger partial charge in [0.1, 0.15) is 5.00 Å². The lowest BCUT2D eigenvalue weighted by Crippen LogP contribution is -2.31. The fraction of sp³-hybridized carbons (Fsp3) is 0.500. The Morgan fingerprint density at radius 3 is 2.47 bits per heavy atom. The number of hydrogen-bond donors (Lipinski definition) is 2. The average molecular weight is 445 g/mol. The van der Waals surface area contributed by atoms with Crippen molar-refractivity contribution in [1.29, 1.82) is 0 Å². The summed E-state index contributed by atoms with van der Waals surface area (Å²) in [6.07, 6.45) is 5.37. The number of benzene rings is 1. The van der Waals surface area contributed by atoms with Gasteiger partial charge in [0, 0.05) is 4.88 Å². The first kappa shape index (κ1) is 22.8. The third-order valence-electron chi connectivity index (χ3n) is 5.84. The first-order chi connectivity index (χ1) is 14.4. The molecule has 1 aliphatic rings. The van der Waals surface area contributed by atoms with E-state index < -0.39 is 0 Å². The third-order valence-corrected chi connectivity index (χ3v) is 7.27. The van der Waals surface area contributed by atoms with Crippen LogP contribution in [-0.4, -0.2) is 17.7 Å². The van der Waals surface area contributed by atoms with Gasteiger partial charge in [-0.15, -0.1) is 11.3 Å². The molecule has 2 unspecified atom stereocenters. The van der Waals surface area contributed by atoms with E-state index in [0.29, 0.717) is 23.2 Å². The molecule has 0 fully saturated rings. The number of esters is 1. The minimum absolute atomic E-state index is 0.0663. The van der Waals surface area contributed by atoms with Crippen molar-refractivity contribution in [3.63, 3.8) is 0 Å². The molecule has 0 spiro atoms. The molecule has 0 saturated carbocycles. The van der Waals surface area contributed by atoms with E-state index in [9.17, 15) is 4.79 Å². The normalized spacial score (nSPS) is 15.1. The Balaban J connectivity index is 1.71. The van der Waals surface area contributed by atoms with Gasteiger partial charge in [0.2, 0.25) is 0 Å². The number of thiophene rings is 1. The SMILES string of the molecule is CCOC(=O)c1c(NC(=S)NC(C)c2ccc(C(C)CC)cc2)sc2c1CCCC2. The molecular formula is C24H32N2O2S2. The molecule has 4 nitrogen and oxygen atoms in total. The molecule has 2 atom stereocenters. The summed E-state index contributed by atoms with van der Waals surface area (Å²) in [5.41, 5.74) is 4.36. The van der Waals surface area contributed by atoms with E-state index in [1.54, 1.807) is 11.3 Å². The molecule has 0 bridgehead atoms. The van der Waals surface area contributed by atoms with E-state index in [0.717, 1.165) is 36.2 Å². The van der Waals surface area contributed by atoms with Crippen molar-refractivity contribution in [2.24, 2.45) is 0 Å². The van der Waals surface area contributed by atoms with Gasteiger partial charge in [-0.1, -0.05) is 38.1 Å². The summed E-state index contributed by atoms with van der Waals surface area (Å²) in [5, 5.41) is 7.97. The second kappa shape index (κ2) is 10.4. The molecule has 0 amide bonds.